The van der Waals surface area contributed by atoms with Crippen molar-refractivity contribution in [3.63, 3.8) is 0 Å². The molecule has 0 spiro atoms. The fourth-order valence-corrected chi connectivity index (χ4v) is 4.87. The van der Waals surface area contributed by atoms with Gasteiger partial charge in [-0.25, -0.2) is 0 Å². The Labute approximate surface area is 194 Å². The van der Waals surface area contributed by atoms with E-state index in [4.69, 9.17) is 17.0 Å². The lowest BCUT2D eigenvalue weighted by Crippen LogP contribution is -2.29. The van der Waals surface area contributed by atoms with Gasteiger partial charge < -0.3 is 9.84 Å². The summed E-state index contributed by atoms with van der Waals surface area (Å²) < 4.78 is 6.43. The number of nitrogens with zero attached hydrogens (tertiary/aromatic N) is 2. The monoisotopic (exact) mass is 480 g/mol. The first-order valence-corrected chi connectivity index (χ1v) is 12.0. The van der Waals surface area contributed by atoms with E-state index in [0.717, 1.165) is 10.5 Å². The van der Waals surface area contributed by atoms with Gasteiger partial charge in [0.15, 0.2) is 5.75 Å². The first-order valence-electron chi connectivity index (χ1n) is 8.94. The van der Waals surface area contributed by atoms with Crippen molar-refractivity contribution in [2.75, 3.05) is 30.0 Å². The zero-order valence-electron chi connectivity index (χ0n) is 16.3. The number of hydrogen-bond acceptors (Lipinski definition) is 8. The first kappa shape index (κ1) is 22.8. The lowest BCUT2D eigenvalue weighted by Gasteiger charge is -2.15. The number of benzene rings is 1. The van der Waals surface area contributed by atoms with E-state index in [1.54, 1.807) is 39.8 Å². The molecule has 2 aliphatic rings. The highest BCUT2D eigenvalue weighted by Gasteiger charge is 2.31. The lowest BCUT2D eigenvalue weighted by atomic mass is 10.2. The van der Waals surface area contributed by atoms with Crippen LogP contribution in [-0.4, -0.2) is 51.3 Å². The summed E-state index contributed by atoms with van der Waals surface area (Å²) in [7, 11) is 0. The molecule has 0 aliphatic carbocycles. The number of allylic oxidation sites excluding steroid dienone is 4. The predicted molar refractivity (Wildman–Crippen MR) is 130 cm³/mol. The number of amides is 1. The van der Waals surface area contributed by atoms with E-state index >= 15 is 0 Å². The van der Waals surface area contributed by atoms with E-state index in [1.807, 2.05) is 31.4 Å². The van der Waals surface area contributed by atoms with E-state index in [9.17, 15) is 14.7 Å². The van der Waals surface area contributed by atoms with Crippen LogP contribution in [0.15, 0.2) is 57.7 Å². The number of rotatable bonds is 7. The fraction of sp³-hybridized carbons (Fsp3) is 0.250. The summed E-state index contributed by atoms with van der Waals surface area (Å²) in [5.74, 6) is 0.492. The number of thiol groups is 1. The minimum Gasteiger partial charge on any atom is -0.480 e. The van der Waals surface area contributed by atoms with Crippen LogP contribution in [0.4, 0.5) is 5.69 Å². The van der Waals surface area contributed by atoms with E-state index in [0.29, 0.717) is 38.8 Å². The predicted octanol–water partition coefficient (Wildman–Crippen LogP) is 4.15. The van der Waals surface area contributed by atoms with Crippen molar-refractivity contribution < 1.29 is 19.4 Å². The maximum absolute atomic E-state index is 12.5. The first-order chi connectivity index (χ1) is 14.3. The molecule has 0 bridgehead atoms. The molecular weight excluding hydrogens is 460 g/mol. The van der Waals surface area contributed by atoms with Crippen LogP contribution in [0.3, 0.4) is 0 Å². The number of thioether (sulfide) groups is 2. The quantitative estimate of drug-likeness (QED) is 0.261. The summed E-state index contributed by atoms with van der Waals surface area (Å²) in [4.78, 5) is 28.5. The molecule has 0 unspecified atom stereocenters. The van der Waals surface area contributed by atoms with Gasteiger partial charge in [-0.1, -0.05) is 30.1 Å². The van der Waals surface area contributed by atoms with Gasteiger partial charge in [0, 0.05) is 17.2 Å². The molecule has 1 aromatic rings. The van der Waals surface area contributed by atoms with Crippen LogP contribution in [0, 0.1) is 0 Å². The van der Waals surface area contributed by atoms with Crippen molar-refractivity contribution >= 4 is 70.3 Å². The molecule has 30 heavy (non-hydrogen) atoms. The van der Waals surface area contributed by atoms with Crippen LogP contribution in [0.2, 0.25) is 0 Å². The van der Waals surface area contributed by atoms with Crippen molar-refractivity contribution in [3.8, 4) is 5.75 Å². The van der Waals surface area contributed by atoms with Crippen LogP contribution < -0.4 is 9.64 Å². The Morgan fingerprint density at radius 3 is 2.83 bits per heavy atom. The Morgan fingerprint density at radius 2 is 2.17 bits per heavy atom. The van der Waals surface area contributed by atoms with Gasteiger partial charge in [0.2, 0.25) is 5.88 Å². The zero-order chi connectivity index (χ0) is 21.8. The highest BCUT2D eigenvalue weighted by Crippen LogP contribution is 2.41. The molecule has 0 radical (unpaired) electrons. The smallest absolute Gasteiger partial charge is 0.323 e. The summed E-state index contributed by atoms with van der Waals surface area (Å²) in [5, 5.41) is 9.29. The number of carbonyl (C=O) groups excluding carboxylic acids is 1. The topological polar surface area (TPSA) is 70.1 Å². The van der Waals surface area contributed by atoms with Crippen molar-refractivity contribution in [3.05, 3.63) is 52.8 Å². The molecule has 1 saturated heterocycles. The maximum atomic E-state index is 12.5. The van der Waals surface area contributed by atoms with E-state index in [1.165, 1.54) is 11.8 Å². The van der Waals surface area contributed by atoms with Gasteiger partial charge in [-0.3, -0.25) is 19.4 Å². The summed E-state index contributed by atoms with van der Waals surface area (Å²) in [6, 6.07) is 5.67. The molecule has 1 N–H and O–H groups in total. The maximum Gasteiger partial charge on any atom is 0.323 e. The van der Waals surface area contributed by atoms with Crippen molar-refractivity contribution in [2.45, 2.75) is 11.8 Å². The number of aliphatic carboxylic acids is 1. The second-order valence-electron chi connectivity index (χ2n) is 6.39. The second-order valence-corrected chi connectivity index (χ2v) is 9.39. The Bertz CT molecular complexity index is 987. The molecular formula is C20H20N2O4S4. The SMILES string of the molecule is CSc1ccc2c(c1)O\C(=C/C=C(C)/C=C1/SC(=S)N(CCS)C1=O)N2CC(=O)O. The molecule has 1 amide bonds. The molecule has 0 saturated carbocycles. The van der Waals surface area contributed by atoms with Crippen LogP contribution >= 0.6 is 48.4 Å². The number of hydrogen-bond donors (Lipinski definition) is 2. The third-order valence-corrected chi connectivity index (χ3v) is 6.58. The van der Waals surface area contributed by atoms with Crippen LogP contribution in [0.25, 0.3) is 0 Å². The fourth-order valence-electron chi connectivity index (χ4n) is 2.89. The number of ether oxygens (including phenoxy) is 1. The van der Waals surface area contributed by atoms with Crippen molar-refractivity contribution in [1.82, 2.24) is 4.90 Å². The molecule has 0 aromatic heterocycles. The van der Waals surface area contributed by atoms with Crippen molar-refractivity contribution in [1.29, 1.82) is 0 Å². The average molecular weight is 481 g/mol. The number of fused-ring (bicyclic) bond motifs is 1. The molecule has 6 nitrogen and oxygen atoms in total. The van der Waals surface area contributed by atoms with E-state index in [-0.39, 0.29) is 12.5 Å². The molecule has 1 fully saturated rings. The van der Waals surface area contributed by atoms with Gasteiger partial charge in [0.25, 0.3) is 5.91 Å². The number of thiocarbonyl (C=S) groups is 1. The molecule has 3 rings (SSSR count). The van der Waals surface area contributed by atoms with Gasteiger partial charge in [0.05, 0.1) is 10.6 Å². The van der Waals surface area contributed by atoms with Gasteiger partial charge in [-0.15, -0.1) is 11.8 Å². The third-order valence-electron chi connectivity index (χ3n) is 4.28. The summed E-state index contributed by atoms with van der Waals surface area (Å²) >= 11 is 12.3. The highest BCUT2D eigenvalue weighted by molar-refractivity contribution is 8.26. The molecule has 1 aromatic carbocycles. The minimum absolute atomic E-state index is 0.124. The van der Waals surface area contributed by atoms with Crippen LogP contribution in [0.1, 0.15) is 6.92 Å². The van der Waals surface area contributed by atoms with E-state index < -0.39 is 5.97 Å². The number of carboxylic acid groups (broad SMARTS) is 1. The molecule has 2 heterocycles. The van der Waals surface area contributed by atoms with Gasteiger partial charge in [-0.2, -0.15) is 12.6 Å². The van der Waals surface area contributed by atoms with Gasteiger partial charge in [-0.05, 0) is 49.1 Å². The van der Waals surface area contributed by atoms with Gasteiger partial charge >= 0.3 is 5.97 Å². The summed E-state index contributed by atoms with van der Waals surface area (Å²) in [5.41, 5.74) is 1.52. The number of carboxylic acids is 1. The Morgan fingerprint density at radius 1 is 1.40 bits per heavy atom. The lowest BCUT2D eigenvalue weighted by molar-refractivity contribution is -0.135. The minimum atomic E-state index is -0.958. The zero-order valence-corrected chi connectivity index (χ0v) is 19.7. The standard InChI is InChI=1S/C20H20N2O4S4/c1-12(9-16-19(25)21(7-8-27)20(28)30-16)3-6-17-22(11-18(23)24)14-5-4-13(29-2)10-15(14)26-17/h3-6,9-10,27H,7-8,11H2,1-2H3,(H,23,24)/b12-3+,16-9+,17-6-. The molecule has 10 heteroatoms. The molecule has 2 aliphatic heterocycles. The largest absolute Gasteiger partial charge is 0.480 e. The van der Waals surface area contributed by atoms with Gasteiger partial charge in [0.1, 0.15) is 10.9 Å². The van der Waals surface area contributed by atoms with Crippen molar-refractivity contribution in [2.24, 2.45) is 0 Å². The summed E-state index contributed by atoms with van der Waals surface area (Å²) in [6.07, 6.45) is 7.23. The second kappa shape index (κ2) is 9.95. The highest BCUT2D eigenvalue weighted by atomic mass is 32.2. The average Bonchev–Trinajstić information content (AvgIpc) is 3.17. The molecule has 0 atom stereocenters. The summed E-state index contributed by atoms with van der Waals surface area (Å²) in [6.45, 7) is 2.12. The third kappa shape index (κ3) is 5.05. The Balaban J connectivity index is 1.84. The number of anilines is 1. The molecule has 158 valence electrons. The van der Waals surface area contributed by atoms with E-state index in [2.05, 4.69) is 12.6 Å². The Kier molecular flexibility index (Phi) is 7.56. The van der Waals surface area contributed by atoms with Crippen LogP contribution in [-0.2, 0) is 9.59 Å². The normalized spacial score (nSPS) is 19.1. The Hall–Kier alpha value is -1.88. The van der Waals surface area contributed by atoms with Crippen LogP contribution in [0.5, 0.6) is 5.75 Å². The number of carbonyl (C=O) groups is 2.